The largest absolute Gasteiger partial charge is 0.478 e. The standard InChI is InChI=1S/C14H13ClN4O/c1-2-20-12-6-5-11-14(18-12)19-13(17-11)9-4-3-8(15)7-10(9)16/h3-7H,2,16H2,1H3,(H,17,18,19). The molecular weight excluding hydrogens is 276 g/mol. The molecule has 0 saturated heterocycles. The predicted molar refractivity (Wildman–Crippen MR) is 79.9 cm³/mol. The van der Waals surface area contributed by atoms with E-state index in [9.17, 15) is 0 Å². The first-order valence-corrected chi connectivity index (χ1v) is 6.60. The molecule has 0 aliphatic rings. The summed E-state index contributed by atoms with van der Waals surface area (Å²) >= 11 is 5.90. The quantitative estimate of drug-likeness (QED) is 0.725. The summed E-state index contributed by atoms with van der Waals surface area (Å²) in [5.74, 6) is 1.22. The van der Waals surface area contributed by atoms with Gasteiger partial charge in [-0.25, -0.2) is 4.98 Å². The minimum Gasteiger partial charge on any atom is -0.478 e. The number of imidazole rings is 1. The highest BCUT2D eigenvalue weighted by Crippen LogP contribution is 2.28. The molecule has 0 bridgehead atoms. The Morgan fingerprint density at radius 3 is 2.85 bits per heavy atom. The van der Waals surface area contributed by atoms with E-state index < -0.39 is 0 Å². The number of anilines is 1. The normalized spacial score (nSPS) is 10.9. The smallest absolute Gasteiger partial charge is 0.215 e. The van der Waals surface area contributed by atoms with Gasteiger partial charge in [-0.3, -0.25) is 0 Å². The van der Waals surface area contributed by atoms with E-state index >= 15 is 0 Å². The van der Waals surface area contributed by atoms with Crippen molar-refractivity contribution in [2.24, 2.45) is 0 Å². The van der Waals surface area contributed by atoms with Crippen LogP contribution in [-0.2, 0) is 0 Å². The third-order valence-corrected chi connectivity index (χ3v) is 3.12. The van der Waals surface area contributed by atoms with E-state index in [1.54, 1.807) is 18.2 Å². The molecule has 0 atom stereocenters. The van der Waals surface area contributed by atoms with Gasteiger partial charge in [-0.05, 0) is 31.2 Å². The second kappa shape index (κ2) is 5.02. The number of nitrogens with zero attached hydrogens (tertiary/aromatic N) is 2. The van der Waals surface area contributed by atoms with Gasteiger partial charge in [0, 0.05) is 22.3 Å². The number of nitrogen functional groups attached to an aromatic ring is 1. The highest BCUT2D eigenvalue weighted by atomic mass is 35.5. The number of aromatic nitrogens is 3. The van der Waals surface area contributed by atoms with Crippen LogP contribution in [0.15, 0.2) is 30.3 Å². The average Bonchev–Trinajstić information content (AvgIpc) is 2.81. The topological polar surface area (TPSA) is 76.8 Å². The number of benzene rings is 1. The fraction of sp³-hybridized carbons (Fsp3) is 0.143. The molecular formula is C14H13ClN4O. The van der Waals surface area contributed by atoms with Crippen LogP contribution in [0.4, 0.5) is 5.69 Å². The highest BCUT2D eigenvalue weighted by Gasteiger charge is 2.10. The van der Waals surface area contributed by atoms with Crippen molar-refractivity contribution in [3.63, 3.8) is 0 Å². The van der Waals surface area contributed by atoms with Gasteiger partial charge in [0.1, 0.15) is 5.82 Å². The monoisotopic (exact) mass is 288 g/mol. The van der Waals surface area contributed by atoms with Gasteiger partial charge in [0.25, 0.3) is 0 Å². The fourth-order valence-corrected chi connectivity index (χ4v) is 2.16. The molecule has 102 valence electrons. The van der Waals surface area contributed by atoms with Crippen molar-refractivity contribution in [1.29, 1.82) is 0 Å². The van der Waals surface area contributed by atoms with Crippen LogP contribution in [0.5, 0.6) is 5.88 Å². The molecule has 6 heteroatoms. The summed E-state index contributed by atoms with van der Waals surface area (Å²) in [6, 6.07) is 9.00. The van der Waals surface area contributed by atoms with E-state index in [0.717, 1.165) is 11.1 Å². The molecule has 0 spiro atoms. The summed E-state index contributed by atoms with van der Waals surface area (Å²) in [7, 11) is 0. The van der Waals surface area contributed by atoms with E-state index in [2.05, 4.69) is 15.0 Å². The zero-order chi connectivity index (χ0) is 14.1. The molecule has 2 aromatic heterocycles. The summed E-state index contributed by atoms with van der Waals surface area (Å²) in [4.78, 5) is 12.0. The Balaban J connectivity index is 2.08. The van der Waals surface area contributed by atoms with E-state index in [1.807, 2.05) is 19.1 Å². The number of aromatic amines is 1. The Kier molecular flexibility index (Phi) is 3.20. The third-order valence-electron chi connectivity index (χ3n) is 2.88. The molecule has 2 heterocycles. The van der Waals surface area contributed by atoms with E-state index in [0.29, 0.717) is 34.7 Å². The maximum Gasteiger partial charge on any atom is 0.215 e. The lowest BCUT2D eigenvalue weighted by atomic mass is 10.2. The van der Waals surface area contributed by atoms with Gasteiger partial charge in [0.05, 0.1) is 12.1 Å². The minimum absolute atomic E-state index is 0.558. The molecule has 0 unspecified atom stereocenters. The second-order valence-electron chi connectivity index (χ2n) is 4.27. The number of halogens is 1. The zero-order valence-corrected chi connectivity index (χ0v) is 11.6. The van der Waals surface area contributed by atoms with Crippen LogP contribution < -0.4 is 10.5 Å². The van der Waals surface area contributed by atoms with Crippen molar-refractivity contribution >= 4 is 28.5 Å². The summed E-state index contributed by atoms with van der Waals surface area (Å²) < 4.78 is 5.36. The van der Waals surface area contributed by atoms with Crippen LogP contribution in [0.25, 0.3) is 22.6 Å². The van der Waals surface area contributed by atoms with Crippen molar-refractivity contribution < 1.29 is 4.74 Å². The van der Waals surface area contributed by atoms with Gasteiger partial charge in [0.15, 0.2) is 5.65 Å². The number of ether oxygens (including phenoxy) is 1. The van der Waals surface area contributed by atoms with Crippen LogP contribution in [0.3, 0.4) is 0 Å². The first-order chi connectivity index (χ1) is 9.67. The van der Waals surface area contributed by atoms with Crippen molar-refractivity contribution in [3.05, 3.63) is 35.4 Å². The summed E-state index contributed by atoms with van der Waals surface area (Å²) in [5, 5.41) is 0.596. The van der Waals surface area contributed by atoms with Gasteiger partial charge in [-0.15, -0.1) is 0 Å². The third kappa shape index (κ3) is 2.28. The Labute approximate surface area is 120 Å². The number of fused-ring (bicyclic) bond motifs is 1. The average molecular weight is 289 g/mol. The number of hydrogen-bond donors (Lipinski definition) is 2. The van der Waals surface area contributed by atoms with Crippen LogP contribution in [0, 0.1) is 0 Å². The lowest BCUT2D eigenvalue weighted by molar-refractivity contribution is 0.328. The lowest BCUT2D eigenvalue weighted by Gasteiger charge is -2.01. The molecule has 1 aromatic carbocycles. The number of nitrogens with one attached hydrogen (secondary N) is 1. The second-order valence-corrected chi connectivity index (χ2v) is 4.71. The summed E-state index contributed by atoms with van der Waals surface area (Å²) in [6.45, 7) is 2.48. The number of pyridine rings is 1. The predicted octanol–water partition coefficient (Wildman–Crippen LogP) is 3.26. The van der Waals surface area contributed by atoms with Gasteiger partial charge in [-0.1, -0.05) is 11.6 Å². The maximum absolute atomic E-state index is 5.96. The molecule has 5 nitrogen and oxygen atoms in total. The van der Waals surface area contributed by atoms with Gasteiger partial charge in [-0.2, -0.15) is 4.98 Å². The van der Waals surface area contributed by atoms with Crippen LogP contribution in [0.1, 0.15) is 6.92 Å². The fourth-order valence-electron chi connectivity index (χ4n) is 1.98. The Bertz CT molecular complexity index is 769. The first kappa shape index (κ1) is 12.7. The molecule has 3 aromatic rings. The van der Waals surface area contributed by atoms with Gasteiger partial charge in [0.2, 0.25) is 5.88 Å². The molecule has 0 radical (unpaired) electrons. The van der Waals surface area contributed by atoms with Crippen molar-refractivity contribution in [1.82, 2.24) is 15.0 Å². The number of H-pyrrole nitrogens is 1. The zero-order valence-electron chi connectivity index (χ0n) is 10.9. The lowest BCUT2D eigenvalue weighted by Crippen LogP contribution is -1.93. The van der Waals surface area contributed by atoms with Gasteiger partial charge < -0.3 is 15.5 Å². The Morgan fingerprint density at radius 2 is 2.10 bits per heavy atom. The first-order valence-electron chi connectivity index (χ1n) is 6.22. The molecule has 0 fully saturated rings. The molecule has 0 saturated carbocycles. The van der Waals surface area contributed by atoms with E-state index in [4.69, 9.17) is 22.1 Å². The van der Waals surface area contributed by atoms with Gasteiger partial charge >= 0.3 is 0 Å². The molecule has 0 amide bonds. The molecule has 3 rings (SSSR count). The van der Waals surface area contributed by atoms with E-state index in [-0.39, 0.29) is 0 Å². The Hall–Kier alpha value is -2.27. The van der Waals surface area contributed by atoms with E-state index in [1.165, 1.54) is 0 Å². The summed E-state index contributed by atoms with van der Waals surface area (Å²) in [5.41, 5.74) is 8.76. The summed E-state index contributed by atoms with van der Waals surface area (Å²) in [6.07, 6.45) is 0. The molecule has 20 heavy (non-hydrogen) atoms. The molecule has 0 aliphatic heterocycles. The molecule has 3 N–H and O–H groups in total. The van der Waals surface area contributed by atoms with Crippen molar-refractivity contribution in [2.75, 3.05) is 12.3 Å². The maximum atomic E-state index is 5.96. The molecule has 0 aliphatic carbocycles. The van der Waals surface area contributed by atoms with Crippen LogP contribution in [0.2, 0.25) is 5.02 Å². The van der Waals surface area contributed by atoms with Crippen molar-refractivity contribution in [2.45, 2.75) is 6.92 Å². The number of rotatable bonds is 3. The van der Waals surface area contributed by atoms with Crippen LogP contribution in [-0.4, -0.2) is 21.6 Å². The number of hydrogen-bond acceptors (Lipinski definition) is 4. The Morgan fingerprint density at radius 1 is 1.25 bits per heavy atom. The minimum atomic E-state index is 0.558. The highest BCUT2D eigenvalue weighted by molar-refractivity contribution is 6.31. The number of nitrogens with two attached hydrogens (primary N) is 1. The SMILES string of the molecule is CCOc1ccc2[nH]c(-c3ccc(Cl)cc3N)nc2n1. The van der Waals surface area contributed by atoms with Crippen molar-refractivity contribution in [3.8, 4) is 17.3 Å². The van der Waals surface area contributed by atoms with Crippen LogP contribution >= 0.6 is 11.6 Å².